The average molecular weight is 385 g/mol. The average Bonchev–Trinajstić information content (AvgIpc) is 3.15. The number of hydrogen-bond acceptors (Lipinski definition) is 4. The number of imidazole rings is 1. The molecule has 29 heavy (non-hydrogen) atoms. The Hall–Kier alpha value is -3.64. The second kappa shape index (κ2) is 8.58. The zero-order valence-corrected chi connectivity index (χ0v) is 16.0. The van der Waals surface area contributed by atoms with E-state index in [2.05, 4.69) is 22.8 Å². The summed E-state index contributed by atoms with van der Waals surface area (Å²) in [7, 11) is 0. The minimum absolute atomic E-state index is 0.152. The first-order chi connectivity index (χ1) is 14.3. The van der Waals surface area contributed by atoms with Gasteiger partial charge in [-0.05, 0) is 17.7 Å². The van der Waals surface area contributed by atoms with E-state index < -0.39 is 0 Å². The summed E-state index contributed by atoms with van der Waals surface area (Å²) in [4.78, 5) is 17.1. The van der Waals surface area contributed by atoms with Gasteiger partial charge in [0.25, 0.3) is 5.91 Å². The summed E-state index contributed by atoms with van der Waals surface area (Å²) in [6.07, 6.45) is 1.87. The fraction of sp³-hybridized carbons (Fsp3) is 0.130. The summed E-state index contributed by atoms with van der Waals surface area (Å²) in [6, 6.07) is 23.8. The third-order valence-corrected chi connectivity index (χ3v) is 4.67. The second-order valence-electron chi connectivity index (χ2n) is 6.70. The highest BCUT2D eigenvalue weighted by molar-refractivity contribution is 5.95. The topological polar surface area (TPSA) is 84.5 Å². The van der Waals surface area contributed by atoms with E-state index >= 15 is 0 Å². The molecule has 146 valence electrons. The number of carbonyl (C=O) groups excluding carboxylic acids is 1. The van der Waals surface area contributed by atoms with Gasteiger partial charge in [-0.25, -0.2) is 4.98 Å². The van der Waals surface area contributed by atoms with Gasteiger partial charge in [0.1, 0.15) is 17.2 Å². The van der Waals surface area contributed by atoms with Gasteiger partial charge in [0.2, 0.25) is 0 Å². The number of nitrogens with one attached hydrogen (secondary N) is 2. The van der Waals surface area contributed by atoms with Crippen LogP contribution in [0.15, 0.2) is 79.0 Å². The normalized spacial score (nSPS) is 10.8. The summed E-state index contributed by atoms with van der Waals surface area (Å²) < 4.78 is 1.98. The van der Waals surface area contributed by atoms with E-state index in [9.17, 15) is 4.79 Å². The van der Waals surface area contributed by atoms with Crippen LogP contribution < -0.4 is 16.4 Å². The predicted octanol–water partition coefficient (Wildman–Crippen LogP) is 3.30. The van der Waals surface area contributed by atoms with Crippen molar-refractivity contribution in [2.24, 2.45) is 5.73 Å². The van der Waals surface area contributed by atoms with Crippen LogP contribution in [0, 0.1) is 0 Å². The van der Waals surface area contributed by atoms with Crippen LogP contribution in [0.5, 0.6) is 0 Å². The van der Waals surface area contributed by atoms with E-state index in [0.29, 0.717) is 30.8 Å². The maximum Gasteiger partial charge on any atom is 0.251 e. The van der Waals surface area contributed by atoms with Gasteiger partial charge >= 0.3 is 0 Å². The van der Waals surface area contributed by atoms with Crippen LogP contribution >= 0.6 is 0 Å². The largest absolute Gasteiger partial charge is 0.365 e. The van der Waals surface area contributed by atoms with Gasteiger partial charge in [-0.2, -0.15) is 0 Å². The molecule has 6 heteroatoms. The molecule has 0 aliphatic heterocycles. The van der Waals surface area contributed by atoms with Crippen LogP contribution in [0.1, 0.15) is 15.9 Å². The van der Waals surface area contributed by atoms with Gasteiger partial charge in [0, 0.05) is 37.0 Å². The lowest BCUT2D eigenvalue weighted by atomic mass is 10.1. The SMILES string of the molecule is NCCNC(=O)c1ccn2c(NCc3ccccc3)c(-c3ccccc3)nc2c1. The molecule has 1 amide bonds. The van der Waals surface area contributed by atoms with Gasteiger partial charge in [0.15, 0.2) is 0 Å². The van der Waals surface area contributed by atoms with E-state index in [1.165, 1.54) is 5.56 Å². The molecule has 0 radical (unpaired) electrons. The maximum atomic E-state index is 12.3. The first-order valence-corrected chi connectivity index (χ1v) is 9.60. The Labute approximate surface area is 169 Å². The first kappa shape index (κ1) is 18.7. The van der Waals surface area contributed by atoms with E-state index in [4.69, 9.17) is 10.7 Å². The van der Waals surface area contributed by atoms with Crippen molar-refractivity contribution in [3.8, 4) is 11.3 Å². The highest BCUT2D eigenvalue weighted by atomic mass is 16.1. The molecule has 0 aliphatic carbocycles. The fourth-order valence-corrected chi connectivity index (χ4v) is 3.22. The molecular formula is C23H23N5O. The molecule has 0 unspecified atom stereocenters. The molecular weight excluding hydrogens is 362 g/mol. The number of fused-ring (bicyclic) bond motifs is 1. The number of rotatable bonds is 7. The molecule has 4 N–H and O–H groups in total. The van der Waals surface area contributed by atoms with Crippen molar-refractivity contribution in [3.63, 3.8) is 0 Å². The Balaban J connectivity index is 1.73. The van der Waals surface area contributed by atoms with Crippen LogP contribution in [0.3, 0.4) is 0 Å². The quantitative estimate of drug-likeness (QED) is 0.456. The Kier molecular flexibility index (Phi) is 5.54. The molecule has 0 saturated heterocycles. The molecule has 0 spiro atoms. The lowest BCUT2D eigenvalue weighted by Gasteiger charge is -2.10. The van der Waals surface area contributed by atoms with Gasteiger partial charge in [0.05, 0.1) is 0 Å². The minimum atomic E-state index is -0.152. The number of pyridine rings is 1. The van der Waals surface area contributed by atoms with Gasteiger partial charge in [-0.3, -0.25) is 9.20 Å². The summed E-state index contributed by atoms with van der Waals surface area (Å²) in [5, 5.41) is 6.31. The molecule has 4 aromatic rings. The zero-order valence-electron chi connectivity index (χ0n) is 16.0. The predicted molar refractivity (Wildman–Crippen MR) is 116 cm³/mol. The Morgan fingerprint density at radius 1 is 1.00 bits per heavy atom. The van der Waals surface area contributed by atoms with E-state index in [0.717, 1.165) is 17.1 Å². The monoisotopic (exact) mass is 385 g/mol. The third kappa shape index (κ3) is 4.12. The number of carbonyl (C=O) groups is 1. The van der Waals surface area contributed by atoms with Crippen molar-refractivity contribution >= 4 is 17.4 Å². The molecule has 2 aromatic carbocycles. The molecule has 4 rings (SSSR count). The summed E-state index contributed by atoms with van der Waals surface area (Å²) >= 11 is 0. The second-order valence-corrected chi connectivity index (χ2v) is 6.70. The highest BCUT2D eigenvalue weighted by Gasteiger charge is 2.15. The van der Waals surface area contributed by atoms with Crippen LogP contribution in [0.4, 0.5) is 5.82 Å². The molecule has 0 fully saturated rings. The van der Waals surface area contributed by atoms with Crippen molar-refractivity contribution in [3.05, 3.63) is 90.1 Å². The Morgan fingerprint density at radius 3 is 2.45 bits per heavy atom. The van der Waals surface area contributed by atoms with Crippen LogP contribution in [0.2, 0.25) is 0 Å². The number of benzene rings is 2. The number of nitrogens with two attached hydrogens (primary N) is 1. The van der Waals surface area contributed by atoms with Crippen molar-refractivity contribution in [1.29, 1.82) is 0 Å². The van der Waals surface area contributed by atoms with E-state index in [1.807, 2.05) is 59.1 Å². The Morgan fingerprint density at radius 2 is 1.72 bits per heavy atom. The molecule has 0 saturated carbocycles. The van der Waals surface area contributed by atoms with Crippen molar-refractivity contribution in [2.45, 2.75) is 6.54 Å². The fourth-order valence-electron chi connectivity index (χ4n) is 3.22. The zero-order chi connectivity index (χ0) is 20.1. The number of amides is 1. The molecule has 0 atom stereocenters. The molecule has 0 aliphatic rings. The van der Waals surface area contributed by atoms with Crippen molar-refractivity contribution < 1.29 is 4.79 Å². The summed E-state index contributed by atoms with van der Waals surface area (Å²) in [5.74, 6) is 0.741. The minimum Gasteiger partial charge on any atom is -0.365 e. The summed E-state index contributed by atoms with van der Waals surface area (Å²) in [6.45, 7) is 1.52. The van der Waals surface area contributed by atoms with Crippen molar-refractivity contribution in [1.82, 2.24) is 14.7 Å². The number of nitrogens with zero attached hydrogens (tertiary/aromatic N) is 2. The summed E-state index contributed by atoms with van der Waals surface area (Å²) in [5.41, 5.74) is 9.79. The standard InChI is InChI=1S/C23H23N5O/c24-12-13-25-23(29)19-11-14-28-20(15-19)27-21(18-9-5-2-6-10-18)22(28)26-16-17-7-3-1-4-8-17/h1-11,14-15,26H,12-13,16,24H2,(H,25,29). The number of hydrogen-bond donors (Lipinski definition) is 3. The smallest absolute Gasteiger partial charge is 0.251 e. The lowest BCUT2D eigenvalue weighted by Crippen LogP contribution is -2.29. The van der Waals surface area contributed by atoms with Gasteiger partial charge in [-0.1, -0.05) is 60.7 Å². The third-order valence-electron chi connectivity index (χ3n) is 4.67. The van der Waals surface area contributed by atoms with Crippen LogP contribution in [-0.4, -0.2) is 28.4 Å². The maximum absolute atomic E-state index is 12.3. The van der Waals surface area contributed by atoms with Crippen LogP contribution in [0.25, 0.3) is 16.9 Å². The van der Waals surface area contributed by atoms with E-state index in [1.54, 1.807) is 12.1 Å². The molecule has 2 aromatic heterocycles. The number of anilines is 1. The first-order valence-electron chi connectivity index (χ1n) is 9.60. The van der Waals surface area contributed by atoms with Gasteiger partial charge < -0.3 is 16.4 Å². The van der Waals surface area contributed by atoms with Crippen molar-refractivity contribution in [2.75, 3.05) is 18.4 Å². The lowest BCUT2D eigenvalue weighted by molar-refractivity contribution is 0.0954. The van der Waals surface area contributed by atoms with E-state index in [-0.39, 0.29) is 5.91 Å². The molecule has 0 bridgehead atoms. The molecule has 6 nitrogen and oxygen atoms in total. The highest BCUT2D eigenvalue weighted by Crippen LogP contribution is 2.29. The number of aromatic nitrogens is 2. The molecule has 2 heterocycles. The Bertz CT molecular complexity index is 1110. The van der Waals surface area contributed by atoms with Crippen LogP contribution in [-0.2, 0) is 6.54 Å². The van der Waals surface area contributed by atoms with Gasteiger partial charge in [-0.15, -0.1) is 0 Å².